The van der Waals surface area contributed by atoms with Gasteiger partial charge in [0.25, 0.3) is 0 Å². The predicted molar refractivity (Wildman–Crippen MR) is 87.0 cm³/mol. The topological polar surface area (TPSA) is 94.3 Å². The largest absolute Gasteiger partial charge is 0.458 e. The van der Waals surface area contributed by atoms with Gasteiger partial charge in [-0.2, -0.15) is 0 Å². The summed E-state index contributed by atoms with van der Waals surface area (Å²) >= 11 is 0. The van der Waals surface area contributed by atoms with Crippen LogP contribution in [-0.4, -0.2) is 27.6 Å². The molecule has 2 aromatic heterocycles. The number of nitrogens with one attached hydrogen (secondary N) is 1. The molecule has 0 radical (unpaired) electrons. The Kier molecular flexibility index (Phi) is 3.99. The molecule has 1 atom stereocenters. The lowest BCUT2D eigenvalue weighted by Gasteiger charge is -2.27. The van der Waals surface area contributed by atoms with E-state index in [1.54, 1.807) is 18.5 Å². The molecule has 2 aromatic rings. The molecule has 2 aliphatic rings. The number of nitrogens with zero attached hydrogens (tertiary/aromatic N) is 2. The summed E-state index contributed by atoms with van der Waals surface area (Å²) in [4.78, 5) is 28.4. The van der Waals surface area contributed by atoms with E-state index in [4.69, 9.17) is 9.26 Å². The van der Waals surface area contributed by atoms with Crippen LogP contribution in [0.3, 0.4) is 0 Å². The summed E-state index contributed by atoms with van der Waals surface area (Å²) in [5, 5.41) is 6.86. The average Bonchev–Trinajstić information content (AvgIpc) is 3.35. The lowest BCUT2D eigenvalue weighted by atomic mass is 9.85. The van der Waals surface area contributed by atoms with E-state index in [2.05, 4.69) is 15.5 Å². The Morgan fingerprint density at radius 2 is 2.20 bits per heavy atom. The Labute approximate surface area is 144 Å². The molecule has 2 fully saturated rings. The number of rotatable bonds is 4. The molecule has 0 aromatic carbocycles. The van der Waals surface area contributed by atoms with Crippen molar-refractivity contribution >= 4 is 11.9 Å². The molecule has 7 heteroatoms. The molecule has 1 unspecified atom stereocenters. The first-order valence-corrected chi connectivity index (χ1v) is 8.52. The quantitative estimate of drug-likeness (QED) is 0.857. The zero-order valence-corrected chi connectivity index (χ0v) is 13.7. The van der Waals surface area contributed by atoms with E-state index < -0.39 is 11.5 Å². The van der Waals surface area contributed by atoms with Crippen LogP contribution in [0.2, 0.25) is 0 Å². The molecule has 1 aliphatic carbocycles. The molecule has 1 aliphatic heterocycles. The van der Waals surface area contributed by atoms with Crippen LogP contribution >= 0.6 is 0 Å². The van der Waals surface area contributed by atoms with Gasteiger partial charge in [0.15, 0.2) is 5.76 Å². The Balaban J connectivity index is 1.41. The number of carbonyl (C=O) groups excluding carboxylic acids is 2. The summed E-state index contributed by atoms with van der Waals surface area (Å²) in [6.45, 7) is 0.229. The molecule has 1 saturated carbocycles. The van der Waals surface area contributed by atoms with Crippen molar-refractivity contribution in [3.05, 3.63) is 36.4 Å². The molecule has 0 bridgehead atoms. The summed E-state index contributed by atoms with van der Waals surface area (Å²) in [5.41, 5.74) is 0.927. The van der Waals surface area contributed by atoms with E-state index in [1.807, 2.05) is 12.1 Å². The fraction of sp³-hybridized carbons (Fsp3) is 0.444. The first kappa shape index (κ1) is 15.8. The Hall–Kier alpha value is -2.70. The fourth-order valence-electron chi connectivity index (χ4n) is 3.79. The van der Waals surface area contributed by atoms with Gasteiger partial charge in [-0.25, -0.2) is 0 Å². The summed E-state index contributed by atoms with van der Waals surface area (Å²) in [6, 6.07) is 5.49. The van der Waals surface area contributed by atoms with E-state index >= 15 is 0 Å². The maximum Gasteiger partial charge on any atom is 0.307 e. The third-order valence-corrected chi connectivity index (χ3v) is 5.04. The number of amides is 1. The van der Waals surface area contributed by atoms with E-state index in [9.17, 15) is 9.59 Å². The van der Waals surface area contributed by atoms with Crippen molar-refractivity contribution in [2.45, 2.75) is 44.2 Å². The first-order valence-electron chi connectivity index (χ1n) is 8.52. The third-order valence-electron chi connectivity index (χ3n) is 5.04. The number of esters is 1. The molecular formula is C18H19N3O4. The molecule has 130 valence electrons. The van der Waals surface area contributed by atoms with Crippen LogP contribution in [0.4, 0.5) is 0 Å². The minimum Gasteiger partial charge on any atom is -0.458 e. The molecule has 7 nitrogen and oxygen atoms in total. The van der Waals surface area contributed by atoms with E-state index in [1.165, 1.54) is 0 Å². The van der Waals surface area contributed by atoms with Crippen LogP contribution in [0.15, 0.2) is 35.1 Å². The van der Waals surface area contributed by atoms with Crippen LogP contribution in [0.1, 0.15) is 37.9 Å². The van der Waals surface area contributed by atoms with Gasteiger partial charge in [-0.05, 0) is 37.8 Å². The normalized spacial score (nSPS) is 21.4. The molecule has 4 rings (SSSR count). The van der Waals surface area contributed by atoms with Crippen LogP contribution in [-0.2, 0) is 20.9 Å². The van der Waals surface area contributed by atoms with Gasteiger partial charge in [-0.1, -0.05) is 5.16 Å². The maximum atomic E-state index is 12.6. The van der Waals surface area contributed by atoms with Crippen molar-refractivity contribution in [1.82, 2.24) is 15.5 Å². The molecule has 1 N–H and O–H groups in total. The fourth-order valence-corrected chi connectivity index (χ4v) is 3.79. The van der Waals surface area contributed by atoms with Crippen LogP contribution in [0, 0.1) is 5.92 Å². The molecule has 1 amide bonds. The van der Waals surface area contributed by atoms with Crippen LogP contribution < -0.4 is 5.32 Å². The highest BCUT2D eigenvalue weighted by Crippen LogP contribution is 2.45. The van der Waals surface area contributed by atoms with Crippen molar-refractivity contribution in [3.63, 3.8) is 0 Å². The van der Waals surface area contributed by atoms with Crippen molar-refractivity contribution in [2.75, 3.05) is 0 Å². The van der Waals surface area contributed by atoms with Crippen LogP contribution in [0.5, 0.6) is 0 Å². The number of aromatic nitrogens is 2. The van der Waals surface area contributed by atoms with Crippen molar-refractivity contribution in [1.29, 1.82) is 0 Å². The second-order valence-corrected chi connectivity index (χ2v) is 6.64. The molecule has 25 heavy (non-hydrogen) atoms. The number of hydrogen-bond donors (Lipinski definition) is 1. The minimum atomic E-state index is -0.594. The second-order valence-electron chi connectivity index (χ2n) is 6.64. The Bertz CT molecular complexity index is 781. The summed E-state index contributed by atoms with van der Waals surface area (Å²) in [6.07, 6.45) is 7.07. The maximum absolute atomic E-state index is 12.6. The van der Waals surface area contributed by atoms with E-state index in [0.29, 0.717) is 11.5 Å². The van der Waals surface area contributed by atoms with Gasteiger partial charge in [0, 0.05) is 24.0 Å². The van der Waals surface area contributed by atoms with Gasteiger partial charge < -0.3 is 14.6 Å². The van der Waals surface area contributed by atoms with Gasteiger partial charge in [0.05, 0.1) is 18.9 Å². The van der Waals surface area contributed by atoms with Gasteiger partial charge >= 0.3 is 5.97 Å². The average molecular weight is 341 g/mol. The standard InChI is InChI=1S/C18H19N3O4/c22-16-9-14(18(24-16)5-1-2-6-18)17(23)20-11-13-8-15(21-25-13)12-4-3-7-19-10-12/h3-4,7-8,10,14H,1-2,5-6,9,11H2,(H,20,23). The zero-order valence-electron chi connectivity index (χ0n) is 13.7. The Morgan fingerprint density at radius 1 is 1.36 bits per heavy atom. The number of ether oxygens (including phenoxy) is 1. The van der Waals surface area contributed by atoms with Crippen LogP contribution in [0.25, 0.3) is 11.3 Å². The summed E-state index contributed by atoms with van der Waals surface area (Å²) in [7, 11) is 0. The van der Waals surface area contributed by atoms with Gasteiger partial charge in [0.1, 0.15) is 11.3 Å². The second kappa shape index (κ2) is 6.31. The first-order chi connectivity index (χ1) is 12.2. The monoisotopic (exact) mass is 341 g/mol. The summed E-state index contributed by atoms with van der Waals surface area (Å²) < 4.78 is 10.8. The molecule has 3 heterocycles. The number of carbonyl (C=O) groups is 2. The Morgan fingerprint density at radius 3 is 2.96 bits per heavy atom. The zero-order chi connectivity index (χ0) is 17.3. The highest BCUT2D eigenvalue weighted by atomic mass is 16.6. The smallest absolute Gasteiger partial charge is 0.307 e. The summed E-state index contributed by atoms with van der Waals surface area (Å²) in [5.74, 6) is -0.297. The molecule has 1 spiro atoms. The SMILES string of the molecule is O=C1CC(C(=O)NCc2cc(-c3cccnc3)no2)C2(CCCC2)O1. The highest BCUT2D eigenvalue weighted by molar-refractivity contribution is 5.87. The molecule has 1 saturated heterocycles. The molecular weight excluding hydrogens is 322 g/mol. The lowest BCUT2D eigenvalue weighted by Crippen LogP contribution is -2.42. The van der Waals surface area contributed by atoms with Crippen molar-refractivity contribution < 1.29 is 18.8 Å². The lowest BCUT2D eigenvalue weighted by molar-refractivity contribution is -0.150. The highest BCUT2D eigenvalue weighted by Gasteiger charge is 2.53. The van der Waals surface area contributed by atoms with Crippen molar-refractivity contribution in [2.24, 2.45) is 5.92 Å². The van der Waals surface area contributed by atoms with Gasteiger partial charge in [0.2, 0.25) is 5.91 Å². The van der Waals surface area contributed by atoms with E-state index in [0.717, 1.165) is 31.2 Å². The third kappa shape index (κ3) is 3.01. The minimum absolute atomic E-state index is 0.156. The number of hydrogen-bond acceptors (Lipinski definition) is 6. The predicted octanol–water partition coefficient (Wildman–Crippen LogP) is 2.23. The van der Waals surface area contributed by atoms with E-state index in [-0.39, 0.29) is 24.8 Å². The van der Waals surface area contributed by atoms with Gasteiger partial charge in [-0.3, -0.25) is 14.6 Å². The van der Waals surface area contributed by atoms with Gasteiger partial charge in [-0.15, -0.1) is 0 Å². The van der Waals surface area contributed by atoms with Crippen molar-refractivity contribution in [3.8, 4) is 11.3 Å². The number of pyridine rings is 1.